The van der Waals surface area contributed by atoms with Crippen molar-refractivity contribution in [2.45, 2.75) is 37.7 Å². The normalized spacial score (nSPS) is 19.2. The molecule has 1 fully saturated rings. The van der Waals surface area contributed by atoms with E-state index in [2.05, 4.69) is 4.72 Å². The number of sulfonamides is 1. The molecule has 6 heteroatoms. The molecule has 0 saturated carbocycles. The molecule has 5 nitrogen and oxygen atoms in total. The summed E-state index contributed by atoms with van der Waals surface area (Å²) in [5.41, 5.74) is 1.36. The smallest absolute Gasteiger partial charge is 0.241 e. The lowest BCUT2D eigenvalue weighted by Gasteiger charge is -2.15. The van der Waals surface area contributed by atoms with E-state index >= 15 is 0 Å². The summed E-state index contributed by atoms with van der Waals surface area (Å²) in [6, 6.07) is 3.46. The average molecular weight is 299 g/mol. The molecule has 1 aromatic carbocycles. The lowest BCUT2D eigenvalue weighted by molar-refractivity contribution is 0.114. The van der Waals surface area contributed by atoms with Gasteiger partial charge in [-0.2, -0.15) is 0 Å². The van der Waals surface area contributed by atoms with Gasteiger partial charge >= 0.3 is 0 Å². The quantitative estimate of drug-likeness (QED) is 0.900. The third-order valence-electron chi connectivity index (χ3n) is 3.46. The largest absolute Gasteiger partial charge is 0.497 e. The maximum atomic E-state index is 12.4. The van der Waals surface area contributed by atoms with Crippen LogP contribution in [0, 0.1) is 13.8 Å². The Balaban J connectivity index is 2.20. The molecule has 112 valence electrons. The zero-order chi connectivity index (χ0) is 14.8. The van der Waals surface area contributed by atoms with Crippen molar-refractivity contribution in [3.63, 3.8) is 0 Å². The van der Waals surface area contributed by atoms with Crippen molar-refractivity contribution < 1.29 is 17.9 Å². The van der Waals surface area contributed by atoms with Crippen molar-refractivity contribution >= 4 is 10.0 Å². The molecule has 0 aliphatic carbocycles. The van der Waals surface area contributed by atoms with Gasteiger partial charge in [0.2, 0.25) is 10.0 Å². The van der Waals surface area contributed by atoms with Crippen LogP contribution in [0.4, 0.5) is 0 Å². The predicted molar refractivity (Wildman–Crippen MR) is 76.6 cm³/mol. The Bertz CT molecular complexity index is 554. The van der Waals surface area contributed by atoms with Crippen molar-refractivity contribution in [2.75, 3.05) is 20.3 Å². The summed E-state index contributed by atoms with van der Waals surface area (Å²) in [6.07, 6.45) is 1.89. The van der Waals surface area contributed by atoms with E-state index in [0.717, 1.165) is 12.8 Å². The number of hydrogen-bond donors (Lipinski definition) is 1. The molecule has 2 rings (SSSR count). The van der Waals surface area contributed by atoms with Gasteiger partial charge in [0.25, 0.3) is 0 Å². The molecule has 0 unspecified atom stereocenters. The molecule has 1 aliphatic heterocycles. The number of ether oxygens (including phenoxy) is 2. The number of benzene rings is 1. The fraction of sp³-hybridized carbons (Fsp3) is 0.571. The van der Waals surface area contributed by atoms with Crippen LogP contribution in [0.1, 0.15) is 24.0 Å². The molecule has 1 atom stereocenters. The number of aryl methyl sites for hydroxylation is 2. The van der Waals surface area contributed by atoms with E-state index in [4.69, 9.17) is 9.47 Å². The van der Waals surface area contributed by atoms with Gasteiger partial charge in [-0.05, 0) is 49.9 Å². The van der Waals surface area contributed by atoms with Crippen molar-refractivity contribution in [3.05, 3.63) is 23.3 Å². The monoisotopic (exact) mass is 299 g/mol. The number of hydrogen-bond acceptors (Lipinski definition) is 4. The van der Waals surface area contributed by atoms with Crippen LogP contribution in [0.5, 0.6) is 5.75 Å². The first-order valence-electron chi connectivity index (χ1n) is 6.70. The van der Waals surface area contributed by atoms with Gasteiger partial charge in [0.05, 0.1) is 18.1 Å². The third-order valence-corrected chi connectivity index (χ3v) is 5.19. The summed E-state index contributed by atoms with van der Waals surface area (Å²) in [6.45, 7) is 4.59. The summed E-state index contributed by atoms with van der Waals surface area (Å²) >= 11 is 0. The first-order chi connectivity index (χ1) is 9.44. The topological polar surface area (TPSA) is 64.6 Å². The molecular formula is C14H21NO4S. The van der Waals surface area contributed by atoms with Gasteiger partial charge in [0.15, 0.2) is 0 Å². The van der Waals surface area contributed by atoms with Crippen LogP contribution >= 0.6 is 0 Å². The third kappa shape index (κ3) is 3.31. The fourth-order valence-corrected chi connectivity index (χ4v) is 4.05. The van der Waals surface area contributed by atoms with Crippen LogP contribution in [0.15, 0.2) is 17.0 Å². The second-order valence-corrected chi connectivity index (χ2v) is 6.78. The highest BCUT2D eigenvalue weighted by Crippen LogP contribution is 2.25. The fourth-order valence-electron chi connectivity index (χ4n) is 2.53. The Morgan fingerprint density at radius 1 is 1.35 bits per heavy atom. The van der Waals surface area contributed by atoms with Crippen LogP contribution in [0.3, 0.4) is 0 Å². The molecule has 0 aromatic heterocycles. The summed E-state index contributed by atoms with van der Waals surface area (Å²) in [5.74, 6) is 0.665. The maximum absolute atomic E-state index is 12.4. The zero-order valence-corrected chi connectivity index (χ0v) is 12.9. The van der Waals surface area contributed by atoms with E-state index in [1.165, 1.54) is 0 Å². The van der Waals surface area contributed by atoms with E-state index < -0.39 is 10.0 Å². The van der Waals surface area contributed by atoms with Crippen LogP contribution in [0.25, 0.3) is 0 Å². The van der Waals surface area contributed by atoms with E-state index in [0.29, 0.717) is 34.9 Å². The number of nitrogens with one attached hydrogen (secondary N) is 1. The Kier molecular flexibility index (Phi) is 4.67. The molecular weight excluding hydrogens is 278 g/mol. The van der Waals surface area contributed by atoms with Gasteiger partial charge in [-0.25, -0.2) is 13.1 Å². The van der Waals surface area contributed by atoms with E-state index in [1.54, 1.807) is 33.1 Å². The highest BCUT2D eigenvalue weighted by molar-refractivity contribution is 7.89. The molecule has 0 bridgehead atoms. The minimum atomic E-state index is -3.52. The summed E-state index contributed by atoms with van der Waals surface area (Å²) in [5, 5.41) is 0. The molecule has 1 N–H and O–H groups in total. The standard InChI is InChI=1S/C14H21NO4S/c1-10-7-13(18-3)8-11(2)14(10)20(16,17)15-9-12-5-4-6-19-12/h7-8,12,15H,4-6,9H2,1-3H3/t12-/m1/s1. The maximum Gasteiger partial charge on any atom is 0.241 e. The minimum Gasteiger partial charge on any atom is -0.497 e. The van der Waals surface area contributed by atoms with Crippen LogP contribution in [0.2, 0.25) is 0 Å². The van der Waals surface area contributed by atoms with Gasteiger partial charge in [0, 0.05) is 13.2 Å². The van der Waals surface area contributed by atoms with Crippen molar-refractivity contribution in [3.8, 4) is 5.75 Å². The van der Waals surface area contributed by atoms with Gasteiger partial charge in [-0.1, -0.05) is 0 Å². The van der Waals surface area contributed by atoms with E-state index in [1.807, 2.05) is 0 Å². The first-order valence-corrected chi connectivity index (χ1v) is 8.19. The van der Waals surface area contributed by atoms with Crippen molar-refractivity contribution in [1.82, 2.24) is 4.72 Å². The second-order valence-electron chi connectivity index (χ2n) is 5.08. The Morgan fingerprint density at radius 2 is 2.00 bits per heavy atom. The van der Waals surface area contributed by atoms with Gasteiger partial charge in [-0.15, -0.1) is 0 Å². The SMILES string of the molecule is COc1cc(C)c(S(=O)(=O)NC[C@H]2CCCO2)c(C)c1. The molecule has 1 heterocycles. The molecule has 1 aromatic rings. The number of rotatable bonds is 5. The lowest BCUT2D eigenvalue weighted by Crippen LogP contribution is -2.32. The number of methoxy groups -OCH3 is 1. The summed E-state index contributed by atoms with van der Waals surface area (Å²) < 4.78 is 38.1. The summed E-state index contributed by atoms with van der Waals surface area (Å²) in [7, 11) is -1.95. The van der Waals surface area contributed by atoms with E-state index in [-0.39, 0.29) is 6.10 Å². The van der Waals surface area contributed by atoms with Crippen LogP contribution in [-0.4, -0.2) is 34.8 Å². The molecule has 20 heavy (non-hydrogen) atoms. The lowest BCUT2D eigenvalue weighted by atomic mass is 10.1. The summed E-state index contributed by atoms with van der Waals surface area (Å²) in [4.78, 5) is 0.330. The van der Waals surface area contributed by atoms with Crippen LogP contribution in [-0.2, 0) is 14.8 Å². The van der Waals surface area contributed by atoms with Gasteiger partial charge in [-0.3, -0.25) is 0 Å². The minimum absolute atomic E-state index is 0.0105. The van der Waals surface area contributed by atoms with Gasteiger partial charge in [0.1, 0.15) is 5.75 Å². The molecule has 0 spiro atoms. The second kappa shape index (κ2) is 6.11. The Labute approximate surface area is 120 Å². The Hall–Kier alpha value is -1.11. The molecule has 0 radical (unpaired) electrons. The predicted octanol–water partition coefficient (Wildman–Crippen LogP) is 1.77. The molecule has 1 saturated heterocycles. The highest BCUT2D eigenvalue weighted by Gasteiger charge is 2.23. The van der Waals surface area contributed by atoms with Crippen molar-refractivity contribution in [1.29, 1.82) is 0 Å². The molecule has 1 aliphatic rings. The first kappa shape index (κ1) is 15.3. The molecule has 0 amide bonds. The zero-order valence-electron chi connectivity index (χ0n) is 12.1. The van der Waals surface area contributed by atoms with Gasteiger partial charge < -0.3 is 9.47 Å². The highest BCUT2D eigenvalue weighted by atomic mass is 32.2. The van der Waals surface area contributed by atoms with Crippen molar-refractivity contribution in [2.24, 2.45) is 0 Å². The Morgan fingerprint density at radius 3 is 2.50 bits per heavy atom. The van der Waals surface area contributed by atoms with Crippen LogP contribution < -0.4 is 9.46 Å². The van der Waals surface area contributed by atoms with E-state index in [9.17, 15) is 8.42 Å². The average Bonchev–Trinajstić information content (AvgIpc) is 2.88.